The SMILES string of the molecule is O=C(O)CC(c1cc(Cl)ccc1Br)N1CCCCCC1. The highest BCUT2D eigenvalue weighted by Gasteiger charge is 2.25. The molecule has 3 nitrogen and oxygen atoms in total. The van der Waals surface area contributed by atoms with Crippen molar-refractivity contribution in [3.8, 4) is 0 Å². The van der Waals surface area contributed by atoms with Gasteiger partial charge in [-0.1, -0.05) is 40.4 Å². The van der Waals surface area contributed by atoms with Crippen LogP contribution in [0.4, 0.5) is 0 Å². The van der Waals surface area contributed by atoms with Crippen molar-refractivity contribution in [2.24, 2.45) is 0 Å². The van der Waals surface area contributed by atoms with Crippen LogP contribution in [0.2, 0.25) is 5.02 Å². The van der Waals surface area contributed by atoms with Crippen LogP contribution >= 0.6 is 27.5 Å². The second-order valence-corrected chi connectivity index (χ2v) is 6.52. The minimum Gasteiger partial charge on any atom is -0.481 e. The summed E-state index contributed by atoms with van der Waals surface area (Å²) in [6.07, 6.45) is 4.83. The fourth-order valence-corrected chi connectivity index (χ4v) is 3.47. The first-order valence-corrected chi connectivity index (χ1v) is 8.16. The molecule has 0 aromatic heterocycles. The molecule has 1 aromatic carbocycles. The molecule has 1 aromatic rings. The highest BCUT2D eigenvalue weighted by molar-refractivity contribution is 9.10. The fraction of sp³-hybridized carbons (Fsp3) is 0.533. The molecule has 0 radical (unpaired) electrons. The number of benzene rings is 1. The summed E-state index contributed by atoms with van der Waals surface area (Å²) >= 11 is 9.61. The topological polar surface area (TPSA) is 40.5 Å². The summed E-state index contributed by atoms with van der Waals surface area (Å²) in [5, 5.41) is 9.88. The quantitative estimate of drug-likeness (QED) is 0.859. The summed E-state index contributed by atoms with van der Waals surface area (Å²) in [6, 6.07) is 5.47. The molecule has 0 amide bonds. The molecule has 2 rings (SSSR count). The van der Waals surface area contributed by atoms with Crippen LogP contribution in [0.25, 0.3) is 0 Å². The third kappa shape index (κ3) is 4.21. The minimum absolute atomic E-state index is 0.110. The van der Waals surface area contributed by atoms with E-state index >= 15 is 0 Å². The van der Waals surface area contributed by atoms with Gasteiger partial charge in [0, 0.05) is 15.5 Å². The van der Waals surface area contributed by atoms with Gasteiger partial charge >= 0.3 is 5.97 Å². The molecular weight excluding hydrogens is 342 g/mol. The third-order valence-corrected chi connectivity index (χ3v) is 4.72. The van der Waals surface area contributed by atoms with E-state index in [0.717, 1.165) is 36.0 Å². The minimum atomic E-state index is -0.772. The molecular formula is C15H19BrClNO2. The van der Waals surface area contributed by atoms with Crippen LogP contribution in [0, 0.1) is 0 Å². The standard InChI is InChI=1S/C15H19BrClNO2/c16-13-6-5-11(17)9-12(13)14(10-15(19)20)18-7-3-1-2-4-8-18/h5-6,9,14H,1-4,7-8,10H2,(H,19,20). The number of hydrogen-bond donors (Lipinski definition) is 1. The highest BCUT2D eigenvalue weighted by atomic mass is 79.9. The predicted octanol–water partition coefficient (Wildman–Crippen LogP) is 4.49. The summed E-state index contributed by atoms with van der Waals surface area (Å²) in [5.74, 6) is -0.772. The summed E-state index contributed by atoms with van der Waals surface area (Å²) in [4.78, 5) is 13.5. The lowest BCUT2D eigenvalue weighted by molar-refractivity contribution is -0.138. The molecule has 1 aliphatic heterocycles. The highest BCUT2D eigenvalue weighted by Crippen LogP contribution is 2.34. The first-order chi connectivity index (χ1) is 9.58. The molecule has 1 atom stereocenters. The van der Waals surface area contributed by atoms with E-state index in [1.165, 1.54) is 12.8 Å². The Morgan fingerprint density at radius 3 is 2.55 bits per heavy atom. The van der Waals surface area contributed by atoms with Gasteiger partial charge in [0.25, 0.3) is 0 Å². The normalized spacial score (nSPS) is 18.5. The average molecular weight is 361 g/mol. The summed E-state index contributed by atoms with van der Waals surface area (Å²) in [6.45, 7) is 1.91. The molecule has 1 saturated heterocycles. The van der Waals surface area contributed by atoms with E-state index in [0.29, 0.717) is 5.02 Å². The molecule has 1 unspecified atom stereocenters. The Hall–Kier alpha value is -0.580. The first kappa shape index (κ1) is 15.8. The van der Waals surface area contributed by atoms with Crippen LogP contribution in [0.15, 0.2) is 22.7 Å². The van der Waals surface area contributed by atoms with Gasteiger partial charge in [0.1, 0.15) is 0 Å². The van der Waals surface area contributed by atoms with E-state index < -0.39 is 5.97 Å². The second kappa shape index (κ2) is 7.43. The Kier molecular flexibility index (Phi) is 5.87. The number of halogens is 2. The summed E-state index contributed by atoms with van der Waals surface area (Å²) in [5.41, 5.74) is 0.974. The van der Waals surface area contributed by atoms with Gasteiger partial charge in [-0.2, -0.15) is 0 Å². The van der Waals surface area contributed by atoms with Crippen molar-refractivity contribution < 1.29 is 9.90 Å². The maximum atomic E-state index is 11.2. The lowest BCUT2D eigenvalue weighted by atomic mass is 10.0. The lowest BCUT2D eigenvalue weighted by Crippen LogP contribution is -2.31. The maximum Gasteiger partial charge on any atom is 0.305 e. The van der Waals surface area contributed by atoms with E-state index in [4.69, 9.17) is 11.6 Å². The number of likely N-dealkylation sites (tertiary alicyclic amines) is 1. The number of aliphatic carboxylic acids is 1. The van der Waals surface area contributed by atoms with Gasteiger partial charge in [-0.3, -0.25) is 9.69 Å². The van der Waals surface area contributed by atoms with Crippen LogP contribution < -0.4 is 0 Å². The van der Waals surface area contributed by atoms with Crippen LogP contribution in [-0.2, 0) is 4.79 Å². The predicted molar refractivity (Wildman–Crippen MR) is 84.2 cm³/mol. The molecule has 1 heterocycles. The molecule has 1 fully saturated rings. The van der Waals surface area contributed by atoms with Gasteiger partial charge in [0.2, 0.25) is 0 Å². The van der Waals surface area contributed by atoms with Crippen molar-refractivity contribution in [1.29, 1.82) is 0 Å². The van der Waals surface area contributed by atoms with Crippen LogP contribution in [-0.4, -0.2) is 29.1 Å². The number of nitrogens with zero attached hydrogens (tertiary/aromatic N) is 1. The van der Waals surface area contributed by atoms with Gasteiger partial charge in [-0.25, -0.2) is 0 Å². The molecule has 0 aliphatic carbocycles. The first-order valence-electron chi connectivity index (χ1n) is 6.98. The number of carboxylic acid groups (broad SMARTS) is 1. The molecule has 0 saturated carbocycles. The summed E-state index contributed by atoms with van der Waals surface area (Å²) in [7, 11) is 0. The zero-order valence-corrected chi connectivity index (χ0v) is 13.7. The van der Waals surface area contributed by atoms with Crippen molar-refractivity contribution >= 4 is 33.5 Å². The van der Waals surface area contributed by atoms with Crippen LogP contribution in [0.5, 0.6) is 0 Å². The average Bonchev–Trinajstić information content (AvgIpc) is 2.67. The molecule has 0 bridgehead atoms. The molecule has 1 N–H and O–H groups in total. The van der Waals surface area contributed by atoms with Gasteiger partial charge in [0.05, 0.1) is 6.42 Å². The van der Waals surface area contributed by atoms with Crippen molar-refractivity contribution in [1.82, 2.24) is 4.90 Å². The van der Waals surface area contributed by atoms with E-state index in [9.17, 15) is 9.90 Å². The van der Waals surface area contributed by atoms with Gasteiger partial charge < -0.3 is 5.11 Å². The van der Waals surface area contributed by atoms with Crippen LogP contribution in [0.3, 0.4) is 0 Å². The van der Waals surface area contributed by atoms with Gasteiger partial charge in [-0.15, -0.1) is 0 Å². The third-order valence-electron chi connectivity index (χ3n) is 3.77. The van der Waals surface area contributed by atoms with Crippen LogP contribution in [0.1, 0.15) is 43.7 Å². The van der Waals surface area contributed by atoms with Crippen molar-refractivity contribution in [3.63, 3.8) is 0 Å². The zero-order valence-electron chi connectivity index (χ0n) is 11.3. The Balaban J connectivity index is 2.30. The van der Waals surface area contributed by atoms with Gasteiger partial charge in [-0.05, 0) is 49.7 Å². The van der Waals surface area contributed by atoms with Crippen molar-refractivity contribution in [3.05, 3.63) is 33.3 Å². The Labute approximate surface area is 133 Å². The summed E-state index contributed by atoms with van der Waals surface area (Å²) < 4.78 is 0.928. The lowest BCUT2D eigenvalue weighted by Gasteiger charge is -2.30. The van der Waals surface area contributed by atoms with E-state index in [1.807, 2.05) is 18.2 Å². The monoisotopic (exact) mass is 359 g/mol. The maximum absolute atomic E-state index is 11.2. The zero-order chi connectivity index (χ0) is 14.5. The second-order valence-electron chi connectivity index (χ2n) is 5.23. The Morgan fingerprint density at radius 2 is 1.95 bits per heavy atom. The largest absolute Gasteiger partial charge is 0.481 e. The Bertz CT molecular complexity index is 473. The van der Waals surface area contributed by atoms with Gasteiger partial charge in [0.15, 0.2) is 0 Å². The van der Waals surface area contributed by atoms with Crippen molar-refractivity contribution in [2.75, 3.05) is 13.1 Å². The Morgan fingerprint density at radius 1 is 1.30 bits per heavy atom. The van der Waals surface area contributed by atoms with Crippen molar-refractivity contribution in [2.45, 2.75) is 38.1 Å². The smallest absolute Gasteiger partial charge is 0.305 e. The number of carbonyl (C=O) groups is 1. The van der Waals surface area contributed by atoms with E-state index in [1.54, 1.807) is 0 Å². The van der Waals surface area contributed by atoms with E-state index in [-0.39, 0.29) is 12.5 Å². The molecule has 0 spiro atoms. The number of carboxylic acids is 1. The molecule has 5 heteroatoms. The molecule has 110 valence electrons. The fourth-order valence-electron chi connectivity index (χ4n) is 2.78. The number of hydrogen-bond acceptors (Lipinski definition) is 2. The molecule has 1 aliphatic rings. The van der Waals surface area contributed by atoms with E-state index in [2.05, 4.69) is 20.8 Å². The number of rotatable bonds is 4. The molecule has 20 heavy (non-hydrogen) atoms.